The highest BCUT2D eigenvalue weighted by atomic mass is 32.2. The number of amides is 1. The van der Waals surface area contributed by atoms with Gasteiger partial charge in [-0.25, -0.2) is 17.4 Å². The monoisotopic (exact) mass is 343 g/mol. The number of fused-ring (bicyclic) bond motifs is 3. The molecule has 9 nitrogen and oxygen atoms in total. The van der Waals surface area contributed by atoms with Crippen molar-refractivity contribution in [2.75, 3.05) is 32.9 Å². The lowest BCUT2D eigenvalue weighted by atomic mass is 10.00. The van der Waals surface area contributed by atoms with E-state index in [0.29, 0.717) is 19.7 Å². The number of carbonyl (C=O) groups is 1. The molecule has 2 aliphatic rings. The van der Waals surface area contributed by atoms with Crippen molar-refractivity contribution in [2.45, 2.75) is 31.6 Å². The molecule has 0 spiro atoms. The largest absolute Gasteiger partial charge is 0.368 e. The van der Waals surface area contributed by atoms with E-state index >= 15 is 0 Å². The molecule has 0 saturated carbocycles. The molecular formula is C13H21N5O4S. The minimum Gasteiger partial charge on any atom is -0.368 e. The minimum atomic E-state index is -3.26. The number of hydrogen-bond donors (Lipinski definition) is 0. The van der Waals surface area contributed by atoms with Gasteiger partial charge in [-0.3, -0.25) is 4.79 Å². The molecule has 0 aliphatic carbocycles. The molecule has 0 unspecified atom stereocenters. The minimum absolute atomic E-state index is 0.0491. The number of likely N-dealkylation sites (tertiary alicyclic amines) is 1. The standard InChI is InChI=1S/C13H21N5O4S/c1-16(23(2,20)21)5-4-13(19)17-6-3-11-12(8-17)22-9-10-7-14-15-18(10)11/h7,11-12H,3-6,8-9H2,1-2H3/t11-,12-/m0/s1. The molecule has 23 heavy (non-hydrogen) atoms. The first-order chi connectivity index (χ1) is 10.9. The van der Waals surface area contributed by atoms with E-state index in [0.717, 1.165) is 18.4 Å². The van der Waals surface area contributed by atoms with Crippen molar-refractivity contribution in [2.24, 2.45) is 0 Å². The molecule has 1 amide bonds. The Bertz CT molecular complexity index is 688. The van der Waals surface area contributed by atoms with Gasteiger partial charge in [0, 0.05) is 33.1 Å². The van der Waals surface area contributed by atoms with Crippen molar-refractivity contribution in [3.8, 4) is 0 Å². The molecule has 0 radical (unpaired) electrons. The Morgan fingerprint density at radius 1 is 1.52 bits per heavy atom. The lowest BCUT2D eigenvalue weighted by molar-refractivity contribution is -0.139. The summed E-state index contributed by atoms with van der Waals surface area (Å²) in [6, 6.07) is 0.115. The third kappa shape index (κ3) is 3.38. The van der Waals surface area contributed by atoms with Crippen molar-refractivity contribution in [1.82, 2.24) is 24.2 Å². The highest BCUT2D eigenvalue weighted by Gasteiger charge is 2.37. The molecule has 1 saturated heterocycles. The first kappa shape index (κ1) is 16.3. The number of carbonyl (C=O) groups excluding carboxylic acids is 1. The van der Waals surface area contributed by atoms with E-state index in [1.54, 1.807) is 11.1 Å². The zero-order chi connectivity index (χ0) is 16.6. The topological polar surface area (TPSA) is 97.6 Å². The van der Waals surface area contributed by atoms with Gasteiger partial charge in [-0.15, -0.1) is 5.10 Å². The summed E-state index contributed by atoms with van der Waals surface area (Å²) in [5.41, 5.74) is 0.959. The van der Waals surface area contributed by atoms with Crippen LogP contribution in [-0.2, 0) is 26.2 Å². The third-order valence-electron chi connectivity index (χ3n) is 4.49. The maximum Gasteiger partial charge on any atom is 0.223 e. The number of piperidine rings is 1. The SMILES string of the molecule is CN(CCC(=O)N1CC[C@H]2[C@H](C1)OCc1cnnn12)S(C)(=O)=O. The van der Waals surface area contributed by atoms with Crippen molar-refractivity contribution in [1.29, 1.82) is 0 Å². The number of hydrogen-bond acceptors (Lipinski definition) is 6. The summed E-state index contributed by atoms with van der Waals surface area (Å²) in [6.07, 6.45) is 3.68. The maximum absolute atomic E-state index is 12.3. The Kier molecular flexibility index (Phi) is 4.39. The fraction of sp³-hybridized carbons (Fsp3) is 0.769. The van der Waals surface area contributed by atoms with E-state index in [9.17, 15) is 13.2 Å². The zero-order valence-electron chi connectivity index (χ0n) is 13.3. The molecule has 2 atom stereocenters. The van der Waals surface area contributed by atoms with Crippen LogP contribution in [0, 0.1) is 0 Å². The number of sulfonamides is 1. The molecular weight excluding hydrogens is 322 g/mol. The summed E-state index contributed by atoms with van der Waals surface area (Å²) >= 11 is 0. The van der Waals surface area contributed by atoms with Crippen LogP contribution in [0.15, 0.2) is 6.20 Å². The predicted octanol–water partition coefficient (Wildman–Crippen LogP) is -0.768. The van der Waals surface area contributed by atoms with Gasteiger partial charge in [0.1, 0.15) is 0 Å². The fourth-order valence-electron chi connectivity index (χ4n) is 2.99. The predicted molar refractivity (Wildman–Crippen MR) is 80.9 cm³/mol. The Morgan fingerprint density at radius 2 is 2.30 bits per heavy atom. The van der Waals surface area contributed by atoms with Crippen LogP contribution < -0.4 is 0 Å². The summed E-state index contributed by atoms with van der Waals surface area (Å²) in [5.74, 6) is -0.0491. The molecule has 1 aromatic rings. The summed E-state index contributed by atoms with van der Waals surface area (Å²) in [6.45, 7) is 1.76. The van der Waals surface area contributed by atoms with Crippen LogP contribution in [-0.4, -0.2) is 77.6 Å². The Morgan fingerprint density at radius 3 is 3.04 bits per heavy atom. The molecule has 1 aromatic heterocycles. The maximum atomic E-state index is 12.3. The molecule has 3 heterocycles. The average Bonchev–Trinajstić information content (AvgIpc) is 2.99. The Balaban J connectivity index is 1.57. The third-order valence-corrected chi connectivity index (χ3v) is 5.81. The van der Waals surface area contributed by atoms with Crippen LogP contribution in [0.4, 0.5) is 0 Å². The number of nitrogens with zero attached hydrogens (tertiary/aromatic N) is 5. The second kappa shape index (κ2) is 6.17. The van der Waals surface area contributed by atoms with E-state index < -0.39 is 10.0 Å². The highest BCUT2D eigenvalue weighted by molar-refractivity contribution is 7.88. The Hall–Kier alpha value is -1.52. The zero-order valence-corrected chi connectivity index (χ0v) is 14.1. The number of aromatic nitrogens is 3. The van der Waals surface area contributed by atoms with Gasteiger partial charge in [0.05, 0.1) is 36.9 Å². The average molecular weight is 343 g/mol. The summed E-state index contributed by atoms with van der Waals surface area (Å²) in [7, 11) is -1.78. The van der Waals surface area contributed by atoms with Crippen molar-refractivity contribution in [3.05, 3.63) is 11.9 Å². The molecule has 0 aromatic carbocycles. The van der Waals surface area contributed by atoms with Crippen LogP contribution in [0.3, 0.4) is 0 Å². The second-order valence-corrected chi connectivity index (χ2v) is 8.14. The first-order valence-corrected chi connectivity index (χ1v) is 9.41. The lowest BCUT2D eigenvalue weighted by Gasteiger charge is -2.41. The van der Waals surface area contributed by atoms with Crippen LogP contribution in [0.25, 0.3) is 0 Å². The molecule has 2 aliphatic heterocycles. The Labute approximate surface area is 135 Å². The first-order valence-electron chi connectivity index (χ1n) is 7.56. The molecule has 10 heteroatoms. The van der Waals surface area contributed by atoms with Gasteiger partial charge in [0.2, 0.25) is 15.9 Å². The molecule has 128 valence electrons. The van der Waals surface area contributed by atoms with Crippen molar-refractivity contribution < 1.29 is 17.9 Å². The van der Waals surface area contributed by atoms with Crippen LogP contribution >= 0.6 is 0 Å². The van der Waals surface area contributed by atoms with E-state index in [-0.39, 0.29) is 31.0 Å². The second-order valence-electron chi connectivity index (χ2n) is 6.05. The van der Waals surface area contributed by atoms with Gasteiger partial charge in [-0.1, -0.05) is 5.21 Å². The van der Waals surface area contributed by atoms with Crippen LogP contribution in [0.2, 0.25) is 0 Å². The van der Waals surface area contributed by atoms with Gasteiger partial charge >= 0.3 is 0 Å². The van der Waals surface area contributed by atoms with E-state index in [1.807, 2.05) is 4.68 Å². The quantitative estimate of drug-likeness (QED) is 0.712. The van der Waals surface area contributed by atoms with E-state index in [1.165, 1.54) is 11.4 Å². The molecule has 0 bridgehead atoms. The molecule has 0 N–H and O–H groups in total. The van der Waals surface area contributed by atoms with Crippen molar-refractivity contribution >= 4 is 15.9 Å². The van der Waals surface area contributed by atoms with Crippen LogP contribution in [0.1, 0.15) is 24.6 Å². The van der Waals surface area contributed by atoms with E-state index in [2.05, 4.69) is 10.3 Å². The van der Waals surface area contributed by atoms with Crippen LogP contribution in [0.5, 0.6) is 0 Å². The summed E-state index contributed by atoms with van der Waals surface area (Å²) in [4.78, 5) is 14.1. The van der Waals surface area contributed by atoms with Gasteiger partial charge < -0.3 is 9.64 Å². The van der Waals surface area contributed by atoms with Gasteiger partial charge in [0.25, 0.3) is 0 Å². The lowest BCUT2D eigenvalue weighted by Crippen LogP contribution is -2.50. The number of rotatable bonds is 4. The van der Waals surface area contributed by atoms with Gasteiger partial charge in [-0.2, -0.15) is 0 Å². The van der Waals surface area contributed by atoms with Crippen molar-refractivity contribution in [3.63, 3.8) is 0 Å². The van der Waals surface area contributed by atoms with Gasteiger partial charge in [0.15, 0.2) is 0 Å². The smallest absolute Gasteiger partial charge is 0.223 e. The summed E-state index contributed by atoms with van der Waals surface area (Å²) in [5, 5.41) is 8.02. The number of ether oxygens (including phenoxy) is 1. The fourth-order valence-corrected chi connectivity index (χ4v) is 3.41. The normalized spacial score (nSPS) is 24.4. The van der Waals surface area contributed by atoms with Gasteiger partial charge in [-0.05, 0) is 6.42 Å². The molecule has 1 fully saturated rings. The highest BCUT2D eigenvalue weighted by Crippen LogP contribution is 2.30. The van der Waals surface area contributed by atoms with E-state index in [4.69, 9.17) is 4.74 Å². The molecule has 3 rings (SSSR count). The summed E-state index contributed by atoms with van der Waals surface area (Å²) < 4.78 is 31.6.